The molecule has 2 aromatic carbocycles. The number of aromatic hydroxyl groups is 1. The first-order valence-electron chi connectivity index (χ1n) is 8.97. The molecule has 3 nitrogen and oxygen atoms in total. The van der Waals surface area contributed by atoms with Gasteiger partial charge in [0.2, 0.25) is 0 Å². The van der Waals surface area contributed by atoms with Gasteiger partial charge in [0.25, 0.3) is 0 Å². The fourth-order valence-corrected chi connectivity index (χ4v) is 4.51. The molecule has 1 fully saturated rings. The fraction of sp³-hybridized carbons (Fsp3) is 0.429. The second-order valence-corrected chi connectivity index (χ2v) is 7.66. The van der Waals surface area contributed by atoms with Crippen LogP contribution in [-0.2, 0) is 12.8 Å². The van der Waals surface area contributed by atoms with Crippen molar-refractivity contribution >= 4 is 11.6 Å². The van der Waals surface area contributed by atoms with Gasteiger partial charge in [0, 0.05) is 10.6 Å². The zero-order valence-corrected chi connectivity index (χ0v) is 15.5. The number of rotatable bonds is 6. The van der Waals surface area contributed by atoms with Gasteiger partial charge in [-0.2, -0.15) is 0 Å². The van der Waals surface area contributed by atoms with E-state index in [1.165, 1.54) is 11.1 Å². The molecule has 0 spiro atoms. The Bertz CT molecular complexity index is 703. The van der Waals surface area contributed by atoms with Gasteiger partial charge in [-0.15, -0.1) is 0 Å². The first-order chi connectivity index (χ1) is 12.0. The maximum atomic E-state index is 9.79. The van der Waals surface area contributed by atoms with E-state index in [-0.39, 0.29) is 5.54 Å². The number of hydrogen-bond donors (Lipinski definition) is 2. The van der Waals surface area contributed by atoms with E-state index in [9.17, 15) is 5.11 Å². The van der Waals surface area contributed by atoms with E-state index in [1.807, 2.05) is 24.3 Å². The molecule has 1 saturated heterocycles. The molecule has 2 aromatic rings. The fourth-order valence-electron chi connectivity index (χ4n) is 4.38. The monoisotopic (exact) mass is 358 g/mol. The molecule has 0 saturated carbocycles. The van der Waals surface area contributed by atoms with Gasteiger partial charge in [-0.25, -0.2) is 0 Å². The molecule has 0 radical (unpaired) electrons. The molecule has 3 N–H and O–H groups in total. The molecule has 0 amide bonds. The summed E-state index contributed by atoms with van der Waals surface area (Å²) in [6, 6.07) is 15.8. The first kappa shape index (κ1) is 18.2. The Morgan fingerprint density at radius 1 is 1.20 bits per heavy atom. The molecule has 134 valence electrons. The highest BCUT2D eigenvalue weighted by atomic mass is 35.5. The summed E-state index contributed by atoms with van der Waals surface area (Å²) in [5.74, 6) is 0.851. The van der Waals surface area contributed by atoms with Crippen molar-refractivity contribution in [3.63, 3.8) is 0 Å². The summed E-state index contributed by atoms with van der Waals surface area (Å²) in [6.45, 7) is 1.76. The van der Waals surface area contributed by atoms with Crippen molar-refractivity contribution in [1.29, 1.82) is 0 Å². The zero-order valence-electron chi connectivity index (χ0n) is 14.8. The van der Waals surface area contributed by atoms with E-state index in [4.69, 9.17) is 17.3 Å². The summed E-state index contributed by atoms with van der Waals surface area (Å²) in [5.41, 5.74) is 8.57. The Labute approximate surface area is 155 Å². The number of hydrogen-bond acceptors (Lipinski definition) is 3. The summed E-state index contributed by atoms with van der Waals surface area (Å²) in [4.78, 5) is 2.49. The lowest BCUT2D eigenvalue weighted by molar-refractivity contribution is 0.118. The first-order valence-corrected chi connectivity index (χ1v) is 9.35. The topological polar surface area (TPSA) is 49.5 Å². The molecule has 0 bridgehead atoms. The number of phenolic OH excluding ortho intramolecular Hbond substituents is 1. The van der Waals surface area contributed by atoms with Crippen molar-refractivity contribution in [1.82, 2.24) is 4.90 Å². The molecule has 1 aliphatic heterocycles. The van der Waals surface area contributed by atoms with E-state index < -0.39 is 0 Å². The Balaban J connectivity index is 1.88. The second-order valence-electron chi connectivity index (χ2n) is 7.23. The van der Waals surface area contributed by atoms with Crippen LogP contribution in [0, 0.1) is 5.92 Å². The largest absolute Gasteiger partial charge is 0.508 e. The molecule has 3 rings (SSSR count). The Morgan fingerprint density at radius 3 is 2.64 bits per heavy atom. The van der Waals surface area contributed by atoms with Crippen molar-refractivity contribution < 1.29 is 5.11 Å². The van der Waals surface area contributed by atoms with Crippen molar-refractivity contribution in [3.8, 4) is 5.75 Å². The SMILES string of the molecule is CN1CCC(Cc2cccc(O)c2)[C@@]1(CCN)Cc1ccc(Cl)cc1. The smallest absolute Gasteiger partial charge is 0.115 e. The highest BCUT2D eigenvalue weighted by Gasteiger charge is 2.45. The predicted molar refractivity (Wildman–Crippen MR) is 104 cm³/mol. The standard InChI is InChI=1S/C21H27ClN2O/c1-24-12-9-18(13-17-3-2-4-20(25)14-17)21(24,10-11-23)15-16-5-7-19(22)8-6-16/h2-8,14,18,25H,9-13,15,23H2,1H3/t18?,21-/m1/s1. The van der Waals surface area contributed by atoms with Gasteiger partial charge in [0.15, 0.2) is 0 Å². The summed E-state index contributed by atoms with van der Waals surface area (Å²) in [7, 11) is 2.22. The van der Waals surface area contributed by atoms with Crippen LogP contribution < -0.4 is 5.73 Å². The van der Waals surface area contributed by atoms with Gasteiger partial charge in [-0.3, -0.25) is 0 Å². The van der Waals surface area contributed by atoms with Gasteiger partial charge < -0.3 is 15.7 Å². The third kappa shape index (κ3) is 4.00. The molecular formula is C21H27ClN2O. The lowest BCUT2D eigenvalue weighted by Gasteiger charge is -2.41. The number of likely N-dealkylation sites (N-methyl/N-ethyl adjacent to an activating group) is 1. The van der Waals surface area contributed by atoms with Crippen LogP contribution >= 0.6 is 11.6 Å². The van der Waals surface area contributed by atoms with E-state index in [2.05, 4.69) is 30.1 Å². The van der Waals surface area contributed by atoms with Gasteiger partial charge in [-0.05, 0) is 87.1 Å². The Morgan fingerprint density at radius 2 is 1.96 bits per heavy atom. The maximum Gasteiger partial charge on any atom is 0.115 e. The molecule has 0 aromatic heterocycles. The molecule has 1 aliphatic rings. The zero-order chi connectivity index (χ0) is 17.9. The highest BCUT2D eigenvalue weighted by molar-refractivity contribution is 6.30. The second kappa shape index (κ2) is 7.77. The van der Waals surface area contributed by atoms with Gasteiger partial charge in [0.05, 0.1) is 0 Å². The minimum absolute atomic E-state index is 0.0496. The van der Waals surface area contributed by atoms with Crippen LogP contribution in [0.15, 0.2) is 48.5 Å². The Hall–Kier alpha value is -1.55. The molecule has 0 aliphatic carbocycles. The molecule has 1 heterocycles. The van der Waals surface area contributed by atoms with Crippen LogP contribution in [0.5, 0.6) is 5.75 Å². The van der Waals surface area contributed by atoms with Gasteiger partial charge in [0.1, 0.15) is 5.75 Å². The number of likely N-dealkylation sites (tertiary alicyclic amines) is 1. The third-order valence-corrected chi connectivity index (χ3v) is 5.98. The molecule has 4 heteroatoms. The summed E-state index contributed by atoms with van der Waals surface area (Å²) >= 11 is 6.05. The number of halogens is 1. The predicted octanol–water partition coefficient (Wildman–Crippen LogP) is 3.87. The van der Waals surface area contributed by atoms with Crippen molar-refractivity contribution in [2.45, 2.75) is 31.2 Å². The van der Waals surface area contributed by atoms with Crippen LogP contribution in [-0.4, -0.2) is 35.7 Å². The Kier molecular flexibility index (Phi) is 5.67. The summed E-state index contributed by atoms with van der Waals surface area (Å²) in [6.07, 6.45) is 4.06. The number of phenols is 1. The average molecular weight is 359 g/mol. The van der Waals surface area contributed by atoms with Crippen LogP contribution in [0.25, 0.3) is 0 Å². The lowest BCUT2D eigenvalue weighted by atomic mass is 9.74. The van der Waals surface area contributed by atoms with E-state index in [0.29, 0.717) is 18.2 Å². The molecular weight excluding hydrogens is 332 g/mol. The normalized spacial score (nSPS) is 23.9. The van der Waals surface area contributed by atoms with Crippen LogP contribution in [0.4, 0.5) is 0 Å². The number of benzene rings is 2. The van der Waals surface area contributed by atoms with Gasteiger partial charge >= 0.3 is 0 Å². The van der Waals surface area contributed by atoms with E-state index >= 15 is 0 Å². The third-order valence-electron chi connectivity index (χ3n) is 5.73. The number of nitrogens with two attached hydrogens (primary N) is 1. The van der Waals surface area contributed by atoms with Gasteiger partial charge in [-0.1, -0.05) is 35.9 Å². The average Bonchev–Trinajstić information content (AvgIpc) is 2.87. The van der Waals surface area contributed by atoms with Crippen molar-refractivity contribution in [2.24, 2.45) is 11.7 Å². The van der Waals surface area contributed by atoms with Crippen LogP contribution in [0.2, 0.25) is 5.02 Å². The van der Waals surface area contributed by atoms with E-state index in [0.717, 1.165) is 37.3 Å². The van der Waals surface area contributed by atoms with Crippen LogP contribution in [0.1, 0.15) is 24.0 Å². The highest BCUT2D eigenvalue weighted by Crippen LogP contribution is 2.41. The number of nitrogens with zero attached hydrogens (tertiary/aromatic N) is 1. The lowest BCUT2D eigenvalue weighted by Crippen LogP contribution is -2.50. The van der Waals surface area contributed by atoms with E-state index in [1.54, 1.807) is 6.07 Å². The molecule has 1 unspecified atom stereocenters. The van der Waals surface area contributed by atoms with Crippen molar-refractivity contribution in [2.75, 3.05) is 20.1 Å². The summed E-state index contributed by atoms with van der Waals surface area (Å²) in [5, 5.41) is 10.6. The minimum Gasteiger partial charge on any atom is -0.508 e. The van der Waals surface area contributed by atoms with Crippen molar-refractivity contribution in [3.05, 3.63) is 64.7 Å². The molecule has 25 heavy (non-hydrogen) atoms. The molecule has 2 atom stereocenters. The van der Waals surface area contributed by atoms with Crippen LogP contribution in [0.3, 0.4) is 0 Å². The minimum atomic E-state index is 0.0496. The quantitative estimate of drug-likeness (QED) is 0.824. The maximum absolute atomic E-state index is 9.79. The summed E-state index contributed by atoms with van der Waals surface area (Å²) < 4.78 is 0.